The lowest BCUT2D eigenvalue weighted by molar-refractivity contribution is -0.124. The van der Waals surface area contributed by atoms with Crippen molar-refractivity contribution in [1.82, 2.24) is 24.8 Å². The van der Waals surface area contributed by atoms with Crippen molar-refractivity contribution in [3.8, 4) is 0 Å². The molecule has 3 aromatic rings. The molecular weight excluding hydrogens is 452 g/mol. The summed E-state index contributed by atoms with van der Waals surface area (Å²) in [4.78, 5) is 42.7. The molecule has 2 aliphatic rings. The second-order valence-electron chi connectivity index (χ2n) is 8.74. The molecule has 2 unspecified atom stereocenters. The van der Waals surface area contributed by atoms with Gasteiger partial charge in [-0.15, -0.1) is 10.2 Å². The van der Waals surface area contributed by atoms with E-state index in [0.29, 0.717) is 42.0 Å². The Bertz CT molecular complexity index is 1280. The SMILES string of the molecule is CSCCC(NC(=O)CN1C(=O)c2ccccc2N2C(=O)CCC12C)c1nnc2ccccn12. The van der Waals surface area contributed by atoms with Crippen molar-refractivity contribution in [3.05, 3.63) is 60.0 Å². The van der Waals surface area contributed by atoms with Gasteiger partial charge in [0.25, 0.3) is 5.91 Å². The minimum absolute atomic E-state index is 0.0411. The van der Waals surface area contributed by atoms with Crippen molar-refractivity contribution in [3.63, 3.8) is 0 Å². The number of hydrogen-bond donors (Lipinski definition) is 1. The van der Waals surface area contributed by atoms with Crippen molar-refractivity contribution in [2.75, 3.05) is 23.5 Å². The van der Waals surface area contributed by atoms with Crippen molar-refractivity contribution < 1.29 is 14.4 Å². The number of para-hydroxylation sites is 1. The van der Waals surface area contributed by atoms with E-state index >= 15 is 0 Å². The van der Waals surface area contributed by atoms with E-state index < -0.39 is 5.66 Å². The van der Waals surface area contributed by atoms with Crippen LogP contribution in [0.1, 0.15) is 48.4 Å². The molecule has 0 aliphatic carbocycles. The first kappa shape index (κ1) is 22.4. The molecule has 2 aromatic heterocycles. The van der Waals surface area contributed by atoms with Crippen LogP contribution in [-0.4, -0.2) is 61.4 Å². The molecule has 9 nitrogen and oxygen atoms in total. The second-order valence-corrected chi connectivity index (χ2v) is 9.73. The van der Waals surface area contributed by atoms with Gasteiger partial charge in [-0.05, 0) is 56.0 Å². The van der Waals surface area contributed by atoms with Gasteiger partial charge in [0.15, 0.2) is 11.5 Å². The lowest BCUT2D eigenvalue weighted by Gasteiger charge is -2.48. The van der Waals surface area contributed by atoms with E-state index in [1.54, 1.807) is 34.9 Å². The summed E-state index contributed by atoms with van der Waals surface area (Å²) >= 11 is 1.68. The quantitative estimate of drug-likeness (QED) is 0.560. The number of carbonyl (C=O) groups is 3. The van der Waals surface area contributed by atoms with Gasteiger partial charge in [0.1, 0.15) is 12.2 Å². The standard InChI is InChI=1S/C24H26N6O3S/c1-24-12-10-21(32)30(24)18-8-4-3-7-16(18)23(33)29(24)15-20(31)25-17(11-14-34-2)22-27-26-19-9-5-6-13-28(19)22/h3-9,13,17H,10-12,14-15H2,1-2H3,(H,25,31). The Hall–Kier alpha value is -3.40. The van der Waals surface area contributed by atoms with Crippen LogP contribution < -0.4 is 10.2 Å². The lowest BCUT2D eigenvalue weighted by Crippen LogP contribution is -2.64. The van der Waals surface area contributed by atoms with Crippen LogP contribution in [-0.2, 0) is 9.59 Å². The Kier molecular flexibility index (Phi) is 5.76. The molecule has 2 atom stereocenters. The van der Waals surface area contributed by atoms with E-state index in [1.807, 2.05) is 48.0 Å². The van der Waals surface area contributed by atoms with Gasteiger partial charge in [0.2, 0.25) is 11.8 Å². The fourth-order valence-electron chi connectivity index (χ4n) is 4.92. The fraction of sp³-hybridized carbons (Fsp3) is 0.375. The zero-order valence-electron chi connectivity index (χ0n) is 19.1. The molecule has 1 N–H and O–H groups in total. The Morgan fingerprint density at radius 1 is 1.18 bits per heavy atom. The highest BCUT2D eigenvalue weighted by molar-refractivity contribution is 7.98. The number of nitrogens with zero attached hydrogens (tertiary/aromatic N) is 5. The van der Waals surface area contributed by atoms with Crippen LogP contribution in [0.5, 0.6) is 0 Å². The summed E-state index contributed by atoms with van der Waals surface area (Å²) in [5.74, 6) is 0.889. The zero-order valence-corrected chi connectivity index (χ0v) is 19.9. The number of anilines is 1. The summed E-state index contributed by atoms with van der Waals surface area (Å²) in [6.45, 7) is 1.70. The first-order valence-corrected chi connectivity index (χ1v) is 12.7. The Balaban J connectivity index is 1.42. The van der Waals surface area contributed by atoms with Gasteiger partial charge in [-0.2, -0.15) is 11.8 Å². The third-order valence-electron chi connectivity index (χ3n) is 6.64. The normalized spacial score (nSPS) is 20.4. The predicted molar refractivity (Wildman–Crippen MR) is 129 cm³/mol. The molecule has 3 amide bonds. The maximum Gasteiger partial charge on any atom is 0.258 e. The van der Waals surface area contributed by atoms with Crippen LogP contribution in [0.4, 0.5) is 5.69 Å². The zero-order chi connectivity index (χ0) is 23.9. The third kappa shape index (κ3) is 3.62. The third-order valence-corrected chi connectivity index (χ3v) is 7.29. The molecule has 1 saturated heterocycles. The summed E-state index contributed by atoms with van der Waals surface area (Å²) in [6.07, 6.45) is 5.36. The summed E-state index contributed by atoms with van der Waals surface area (Å²) in [5, 5.41) is 11.6. The number of carbonyl (C=O) groups excluding carboxylic acids is 3. The topological polar surface area (TPSA) is 99.9 Å². The predicted octanol–water partition coefficient (Wildman–Crippen LogP) is 2.64. The molecule has 5 rings (SSSR count). The minimum atomic E-state index is -0.879. The van der Waals surface area contributed by atoms with Crippen molar-refractivity contribution in [2.24, 2.45) is 0 Å². The molecule has 0 radical (unpaired) electrons. The maximum atomic E-state index is 13.4. The number of benzene rings is 1. The van der Waals surface area contributed by atoms with Crippen molar-refractivity contribution in [2.45, 2.75) is 37.9 Å². The molecule has 176 valence electrons. The smallest absolute Gasteiger partial charge is 0.258 e. The number of nitrogens with one attached hydrogen (secondary N) is 1. The summed E-state index contributed by atoms with van der Waals surface area (Å²) < 4.78 is 1.87. The van der Waals surface area contributed by atoms with Gasteiger partial charge >= 0.3 is 0 Å². The summed E-state index contributed by atoms with van der Waals surface area (Å²) in [6, 6.07) is 12.4. The molecule has 0 saturated carbocycles. The van der Waals surface area contributed by atoms with Crippen LogP contribution in [0.3, 0.4) is 0 Å². The first-order chi connectivity index (χ1) is 16.4. The summed E-state index contributed by atoms with van der Waals surface area (Å²) in [5.41, 5.74) is 0.875. The Morgan fingerprint density at radius 3 is 2.79 bits per heavy atom. The Morgan fingerprint density at radius 2 is 1.97 bits per heavy atom. The molecule has 10 heteroatoms. The van der Waals surface area contributed by atoms with Gasteiger partial charge in [-0.1, -0.05) is 18.2 Å². The fourth-order valence-corrected chi connectivity index (χ4v) is 5.40. The molecular formula is C24H26N6O3S. The van der Waals surface area contributed by atoms with Crippen LogP contribution in [0, 0.1) is 0 Å². The number of thioether (sulfide) groups is 1. The van der Waals surface area contributed by atoms with Crippen LogP contribution in [0.25, 0.3) is 5.65 Å². The maximum absolute atomic E-state index is 13.4. The molecule has 4 heterocycles. The van der Waals surface area contributed by atoms with E-state index in [-0.39, 0.29) is 30.3 Å². The number of hydrogen-bond acceptors (Lipinski definition) is 6. The van der Waals surface area contributed by atoms with Crippen molar-refractivity contribution in [1.29, 1.82) is 0 Å². The van der Waals surface area contributed by atoms with Crippen LogP contribution in [0.15, 0.2) is 48.7 Å². The van der Waals surface area contributed by atoms with E-state index in [0.717, 1.165) is 5.75 Å². The largest absolute Gasteiger partial charge is 0.344 e. The average molecular weight is 479 g/mol. The first-order valence-electron chi connectivity index (χ1n) is 11.3. The summed E-state index contributed by atoms with van der Waals surface area (Å²) in [7, 11) is 0. The molecule has 34 heavy (non-hydrogen) atoms. The number of aromatic nitrogens is 3. The van der Waals surface area contributed by atoms with Gasteiger partial charge in [0, 0.05) is 12.6 Å². The van der Waals surface area contributed by atoms with Crippen LogP contribution >= 0.6 is 11.8 Å². The monoisotopic (exact) mass is 478 g/mol. The minimum Gasteiger partial charge on any atom is -0.344 e. The Labute approximate surface area is 201 Å². The van der Waals surface area contributed by atoms with Gasteiger partial charge < -0.3 is 10.2 Å². The van der Waals surface area contributed by atoms with Gasteiger partial charge in [-0.25, -0.2) is 0 Å². The second kappa shape index (κ2) is 8.75. The molecule has 0 bridgehead atoms. The number of rotatable bonds is 7. The average Bonchev–Trinajstić information content (AvgIpc) is 3.40. The molecule has 0 spiro atoms. The van der Waals surface area contributed by atoms with Gasteiger partial charge in [0.05, 0.1) is 17.3 Å². The number of amides is 3. The molecule has 1 aromatic carbocycles. The highest BCUT2D eigenvalue weighted by Crippen LogP contribution is 2.43. The number of pyridine rings is 1. The molecule has 1 fully saturated rings. The van der Waals surface area contributed by atoms with E-state index in [4.69, 9.17) is 0 Å². The van der Waals surface area contributed by atoms with Crippen molar-refractivity contribution >= 4 is 40.8 Å². The highest BCUT2D eigenvalue weighted by Gasteiger charge is 2.53. The van der Waals surface area contributed by atoms with Gasteiger partial charge in [-0.3, -0.25) is 23.7 Å². The molecule has 2 aliphatic heterocycles. The van der Waals surface area contributed by atoms with E-state index in [2.05, 4.69) is 15.5 Å². The lowest BCUT2D eigenvalue weighted by atomic mass is 9.98. The van der Waals surface area contributed by atoms with E-state index in [9.17, 15) is 14.4 Å². The van der Waals surface area contributed by atoms with E-state index in [1.165, 1.54) is 4.90 Å². The van der Waals surface area contributed by atoms with Crippen LogP contribution in [0.2, 0.25) is 0 Å². The highest BCUT2D eigenvalue weighted by atomic mass is 32.2. The number of fused-ring (bicyclic) bond motifs is 4.